The molecule has 0 bridgehead atoms. The van der Waals surface area contributed by atoms with Gasteiger partial charge in [0, 0.05) is 29.7 Å². The number of hydrogen-bond donors (Lipinski definition) is 11. The molecule has 0 spiro atoms. The molecular weight excluding hydrogens is 592 g/mol. The van der Waals surface area contributed by atoms with Crippen molar-refractivity contribution in [2.45, 2.75) is 49.3 Å². The van der Waals surface area contributed by atoms with Gasteiger partial charge in [-0.05, 0) is 24.3 Å². The molecule has 0 amide bonds. The van der Waals surface area contributed by atoms with Crippen molar-refractivity contribution in [2.24, 2.45) is 0 Å². The zero-order valence-electron chi connectivity index (χ0n) is 22.4. The van der Waals surface area contributed by atoms with Crippen LogP contribution in [-0.4, -0.2) is 106 Å². The Balaban J connectivity index is 1.47. The molecule has 0 aromatic heterocycles. The number of phenols is 7. The Morgan fingerprint density at radius 2 is 1.43 bits per heavy atom. The first-order chi connectivity index (χ1) is 20.8. The third kappa shape index (κ3) is 5.59. The summed E-state index contributed by atoms with van der Waals surface area (Å²) in [5, 5.41) is 111. The fourth-order valence-corrected chi connectivity index (χ4v) is 4.95. The van der Waals surface area contributed by atoms with Gasteiger partial charge in [-0.1, -0.05) is 0 Å². The molecular formula is C28H28O16. The topological polar surface area (TPSA) is 277 Å². The molecule has 7 atom stereocenters. The van der Waals surface area contributed by atoms with E-state index in [4.69, 9.17) is 18.9 Å². The van der Waals surface area contributed by atoms with Crippen molar-refractivity contribution in [3.63, 3.8) is 0 Å². The summed E-state index contributed by atoms with van der Waals surface area (Å²) in [5.74, 6) is -6.50. The van der Waals surface area contributed by atoms with Gasteiger partial charge in [0.15, 0.2) is 34.9 Å². The van der Waals surface area contributed by atoms with Gasteiger partial charge in [-0.2, -0.15) is 0 Å². The van der Waals surface area contributed by atoms with Gasteiger partial charge in [0.25, 0.3) is 0 Å². The lowest BCUT2D eigenvalue weighted by Gasteiger charge is -2.39. The van der Waals surface area contributed by atoms with Crippen LogP contribution in [0.2, 0.25) is 0 Å². The molecule has 0 saturated carbocycles. The van der Waals surface area contributed by atoms with Gasteiger partial charge < -0.3 is 75.1 Å². The molecule has 3 aromatic carbocycles. The lowest BCUT2D eigenvalue weighted by molar-refractivity contribution is -0.277. The van der Waals surface area contributed by atoms with Crippen LogP contribution in [0.4, 0.5) is 0 Å². The SMILES string of the molecule is O=C(O[C@@H]1Cc2c(O)cc(O)cc2O[C@@H]1c1cc(O)c(O[C@H]2O[C@H](CO)[C@@H](O)[C@H](O)[C@H]2O)c(O)c1)c1cc(O)c(O)c(O)c1. The first-order valence-corrected chi connectivity index (χ1v) is 13.0. The van der Waals surface area contributed by atoms with Crippen LogP contribution in [0.3, 0.4) is 0 Å². The van der Waals surface area contributed by atoms with Gasteiger partial charge in [-0.3, -0.25) is 0 Å². The van der Waals surface area contributed by atoms with Crippen LogP contribution in [-0.2, 0) is 15.9 Å². The number of hydrogen-bond acceptors (Lipinski definition) is 16. The molecule has 0 unspecified atom stereocenters. The molecule has 2 aliphatic heterocycles. The van der Waals surface area contributed by atoms with E-state index in [0.717, 1.165) is 30.3 Å². The van der Waals surface area contributed by atoms with Crippen LogP contribution in [0.25, 0.3) is 0 Å². The van der Waals surface area contributed by atoms with E-state index in [-0.39, 0.29) is 34.6 Å². The summed E-state index contributed by atoms with van der Waals surface area (Å²) < 4.78 is 22.1. The molecule has 11 N–H and O–H groups in total. The lowest BCUT2D eigenvalue weighted by Crippen LogP contribution is -2.60. The summed E-state index contributed by atoms with van der Waals surface area (Å²) in [4.78, 5) is 13.0. The van der Waals surface area contributed by atoms with Crippen molar-refractivity contribution in [3.8, 4) is 51.7 Å². The predicted molar refractivity (Wildman–Crippen MR) is 142 cm³/mol. The van der Waals surface area contributed by atoms with E-state index in [1.807, 2.05) is 0 Å². The molecule has 2 aliphatic rings. The Hall–Kier alpha value is -4.87. The number of fused-ring (bicyclic) bond motifs is 1. The number of ether oxygens (including phenoxy) is 4. The van der Waals surface area contributed by atoms with Crippen LogP contribution in [0, 0.1) is 0 Å². The number of benzene rings is 3. The summed E-state index contributed by atoms with van der Waals surface area (Å²) in [6.45, 7) is -0.753. The Morgan fingerprint density at radius 1 is 0.795 bits per heavy atom. The monoisotopic (exact) mass is 620 g/mol. The zero-order chi connectivity index (χ0) is 32.0. The fourth-order valence-electron chi connectivity index (χ4n) is 4.95. The average Bonchev–Trinajstić information content (AvgIpc) is 2.97. The molecule has 5 rings (SSSR count). The highest BCUT2D eigenvalue weighted by Gasteiger charge is 2.45. The first kappa shape index (κ1) is 30.6. The summed E-state index contributed by atoms with van der Waals surface area (Å²) in [6, 6.07) is 5.95. The maximum Gasteiger partial charge on any atom is 0.338 e. The number of aliphatic hydroxyl groups is 4. The fraction of sp³-hybridized carbons (Fsp3) is 0.321. The third-order valence-corrected chi connectivity index (χ3v) is 7.21. The van der Waals surface area contributed by atoms with Crippen LogP contribution in [0.1, 0.15) is 27.6 Å². The minimum absolute atomic E-state index is 0.0242. The van der Waals surface area contributed by atoms with E-state index < -0.39 is 95.7 Å². The summed E-state index contributed by atoms with van der Waals surface area (Å²) in [5.41, 5.74) is -0.264. The van der Waals surface area contributed by atoms with E-state index >= 15 is 0 Å². The second kappa shape index (κ2) is 11.7. The van der Waals surface area contributed by atoms with Gasteiger partial charge in [0.1, 0.15) is 47.8 Å². The number of esters is 1. The Morgan fingerprint density at radius 3 is 2.05 bits per heavy atom. The predicted octanol–water partition coefficient (Wildman–Crippen LogP) is -0.294. The number of carbonyl (C=O) groups is 1. The standard InChI is InChI=1S/C28H28O16/c29-8-20-22(37)23(38)24(39)28(43-20)44-26-16(34)1-9(2-17(26)35)25-19(7-12-13(31)5-11(30)6-18(12)41-25)42-27(40)10-3-14(32)21(36)15(33)4-10/h1-6,19-20,22-25,28-39H,7-8H2/t19-,20-,22-,23+,24-,25-,28-/m1/s1. The highest BCUT2D eigenvalue weighted by atomic mass is 16.7. The molecule has 1 fully saturated rings. The molecule has 3 aromatic rings. The summed E-state index contributed by atoms with van der Waals surface area (Å²) in [7, 11) is 0. The van der Waals surface area contributed by atoms with E-state index in [1.165, 1.54) is 6.07 Å². The molecule has 16 heteroatoms. The molecule has 2 heterocycles. The Kier molecular flexibility index (Phi) is 8.11. The van der Waals surface area contributed by atoms with E-state index in [1.54, 1.807) is 0 Å². The van der Waals surface area contributed by atoms with Crippen molar-refractivity contribution in [1.82, 2.24) is 0 Å². The van der Waals surface area contributed by atoms with E-state index in [9.17, 15) is 61.0 Å². The Labute approximate surface area is 247 Å². The lowest BCUT2D eigenvalue weighted by atomic mass is 9.93. The number of aliphatic hydroxyl groups excluding tert-OH is 4. The van der Waals surface area contributed by atoms with Crippen LogP contribution in [0.5, 0.6) is 51.7 Å². The second-order valence-electron chi connectivity index (χ2n) is 10.2. The van der Waals surface area contributed by atoms with Crippen LogP contribution >= 0.6 is 0 Å². The number of rotatable bonds is 6. The van der Waals surface area contributed by atoms with Gasteiger partial charge >= 0.3 is 5.97 Å². The molecule has 44 heavy (non-hydrogen) atoms. The Bertz CT molecular complexity index is 1530. The smallest absolute Gasteiger partial charge is 0.338 e. The maximum absolute atomic E-state index is 13.0. The normalized spacial score (nSPS) is 26.3. The highest BCUT2D eigenvalue weighted by Crippen LogP contribution is 2.47. The zero-order valence-corrected chi connectivity index (χ0v) is 22.4. The molecule has 16 nitrogen and oxygen atoms in total. The van der Waals surface area contributed by atoms with Gasteiger partial charge in [0.05, 0.1) is 12.2 Å². The maximum atomic E-state index is 13.0. The summed E-state index contributed by atoms with van der Waals surface area (Å²) in [6.07, 6.45) is -11.3. The average molecular weight is 621 g/mol. The molecule has 1 saturated heterocycles. The van der Waals surface area contributed by atoms with Crippen molar-refractivity contribution < 1.29 is 79.9 Å². The van der Waals surface area contributed by atoms with Crippen molar-refractivity contribution in [2.75, 3.05) is 6.61 Å². The molecule has 0 aliphatic carbocycles. The van der Waals surface area contributed by atoms with E-state index in [0.29, 0.717) is 0 Å². The van der Waals surface area contributed by atoms with Crippen molar-refractivity contribution in [1.29, 1.82) is 0 Å². The minimum Gasteiger partial charge on any atom is -0.508 e. The molecule has 236 valence electrons. The van der Waals surface area contributed by atoms with Gasteiger partial charge in [0.2, 0.25) is 12.0 Å². The largest absolute Gasteiger partial charge is 0.508 e. The first-order valence-electron chi connectivity index (χ1n) is 13.0. The third-order valence-electron chi connectivity index (χ3n) is 7.21. The van der Waals surface area contributed by atoms with E-state index in [2.05, 4.69) is 0 Å². The van der Waals surface area contributed by atoms with Gasteiger partial charge in [-0.15, -0.1) is 0 Å². The van der Waals surface area contributed by atoms with Crippen LogP contribution < -0.4 is 9.47 Å². The van der Waals surface area contributed by atoms with Crippen molar-refractivity contribution in [3.05, 3.63) is 53.1 Å². The number of phenolic OH excluding ortho intramolecular Hbond substituents is 7. The quantitative estimate of drug-likeness (QED) is 0.125. The molecule has 0 radical (unpaired) electrons. The van der Waals surface area contributed by atoms with Crippen LogP contribution in [0.15, 0.2) is 36.4 Å². The summed E-state index contributed by atoms with van der Waals surface area (Å²) >= 11 is 0. The van der Waals surface area contributed by atoms with Gasteiger partial charge in [-0.25, -0.2) is 4.79 Å². The minimum atomic E-state index is -1.85. The highest BCUT2D eigenvalue weighted by molar-refractivity contribution is 5.91. The second-order valence-corrected chi connectivity index (χ2v) is 10.2. The number of aromatic hydroxyl groups is 7. The number of carbonyl (C=O) groups excluding carboxylic acids is 1. The van der Waals surface area contributed by atoms with Crippen molar-refractivity contribution >= 4 is 5.97 Å².